The van der Waals surface area contributed by atoms with Crippen LogP contribution in [0, 0.1) is 0 Å². The van der Waals surface area contributed by atoms with Crippen LogP contribution in [0.25, 0.3) is 0 Å². The molecule has 1 aromatic heterocycles. The summed E-state index contributed by atoms with van der Waals surface area (Å²) in [6.45, 7) is 0. The van der Waals surface area contributed by atoms with E-state index in [4.69, 9.17) is 44.3 Å². The molecule has 106 valence electrons. The van der Waals surface area contributed by atoms with Crippen LogP contribution >= 0.6 is 46.1 Å². The predicted molar refractivity (Wildman–Crippen MR) is 82.3 cm³/mol. The molecule has 0 spiro atoms. The topological polar surface area (TPSA) is 35.5 Å². The average Bonchev–Trinajstić information content (AvgIpc) is 2.76. The van der Waals surface area contributed by atoms with E-state index in [1.54, 1.807) is 0 Å². The molecule has 2 rings (SSSR count). The molecule has 20 heavy (non-hydrogen) atoms. The molecule has 0 aliphatic heterocycles. The number of carbonyl (C=O) groups is 1. The smallest absolute Gasteiger partial charge is 0.197 e. The number of benzene rings is 1. The van der Waals surface area contributed by atoms with Crippen LogP contribution in [0.3, 0.4) is 0 Å². The molecule has 1 aromatic carbocycles. The molecule has 0 saturated carbocycles. The van der Waals surface area contributed by atoms with Gasteiger partial charge in [0.2, 0.25) is 0 Å². The molecule has 0 unspecified atom stereocenters. The number of carbonyl (C=O) groups excluding carboxylic acids is 1. The molecular weight excluding hydrogens is 343 g/mol. The maximum absolute atomic E-state index is 12.5. The molecule has 3 nitrogen and oxygen atoms in total. The van der Waals surface area contributed by atoms with E-state index >= 15 is 0 Å². The zero-order chi connectivity index (χ0) is 14.9. The molecule has 0 N–H and O–H groups in total. The Morgan fingerprint density at radius 3 is 2.10 bits per heavy atom. The molecule has 0 fully saturated rings. The van der Waals surface area contributed by atoms with E-state index < -0.39 is 0 Å². The number of thiophene rings is 1. The van der Waals surface area contributed by atoms with Gasteiger partial charge in [-0.3, -0.25) is 4.79 Å². The zero-order valence-electron chi connectivity index (χ0n) is 10.5. The fourth-order valence-electron chi connectivity index (χ4n) is 1.67. The van der Waals surface area contributed by atoms with E-state index in [0.717, 1.165) is 11.3 Å². The predicted octanol–water partition coefficient (Wildman–Crippen LogP) is 4.96. The normalized spacial score (nSPS) is 10.4. The first-order valence-electron chi connectivity index (χ1n) is 5.39. The number of ketones is 1. The van der Waals surface area contributed by atoms with Crippen LogP contribution < -0.4 is 9.47 Å². The Balaban J connectivity index is 2.52. The summed E-state index contributed by atoms with van der Waals surface area (Å²) in [7, 11) is 2.97. The van der Waals surface area contributed by atoms with Gasteiger partial charge < -0.3 is 9.47 Å². The van der Waals surface area contributed by atoms with E-state index in [0.29, 0.717) is 25.7 Å². The van der Waals surface area contributed by atoms with Gasteiger partial charge in [0.25, 0.3) is 0 Å². The van der Waals surface area contributed by atoms with Gasteiger partial charge in [0.05, 0.1) is 29.1 Å². The van der Waals surface area contributed by atoms with Crippen molar-refractivity contribution < 1.29 is 14.3 Å². The van der Waals surface area contributed by atoms with Crippen molar-refractivity contribution >= 4 is 51.9 Å². The van der Waals surface area contributed by atoms with Crippen molar-refractivity contribution in [1.29, 1.82) is 0 Å². The van der Waals surface area contributed by atoms with E-state index in [9.17, 15) is 4.79 Å². The lowest BCUT2D eigenvalue weighted by Gasteiger charge is -2.10. The summed E-state index contributed by atoms with van der Waals surface area (Å²) in [5.74, 6) is 0.547. The van der Waals surface area contributed by atoms with Crippen molar-refractivity contribution in [3.8, 4) is 11.5 Å². The second-order valence-corrected chi connectivity index (χ2v) is 6.45. The van der Waals surface area contributed by atoms with Crippen LogP contribution in [-0.4, -0.2) is 20.0 Å². The van der Waals surface area contributed by atoms with Crippen LogP contribution in [0.15, 0.2) is 18.2 Å². The molecule has 0 aliphatic rings. The van der Waals surface area contributed by atoms with Gasteiger partial charge in [-0.25, -0.2) is 0 Å². The number of halogens is 3. The van der Waals surface area contributed by atoms with Gasteiger partial charge in [0.15, 0.2) is 17.3 Å². The van der Waals surface area contributed by atoms with Gasteiger partial charge in [-0.15, -0.1) is 11.3 Å². The summed E-state index contributed by atoms with van der Waals surface area (Å²) in [5, 5.41) is 0.256. The molecule has 0 saturated heterocycles. The summed E-state index contributed by atoms with van der Waals surface area (Å²) in [4.78, 5) is 12.5. The Hall–Kier alpha value is -0.940. The molecule has 0 amide bonds. The molecule has 7 heteroatoms. The number of ether oxygens (including phenoxy) is 2. The maximum atomic E-state index is 12.5. The standard InChI is InChI=1S/C13H9Cl3O3S/c1-18-9-3-6(8(14)5-10(9)19-2)12(17)7-4-11(15)20-13(7)16/h3-5H,1-2H3. The Kier molecular flexibility index (Phi) is 4.81. The fourth-order valence-corrected chi connectivity index (χ4v) is 3.37. The number of methoxy groups -OCH3 is 2. The minimum Gasteiger partial charge on any atom is -0.493 e. The van der Waals surface area contributed by atoms with Gasteiger partial charge >= 0.3 is 0 Å². The van der Waals surface area contributed by atoms with Crippen LogP contribution in [-0.2, 0) is 0 Å². The average molecular weight is 352 g/mol. The first-order valence-corrected chi connectivity index (χ1v) is 7.34. The molecule has 1 heterocycles. The maximum Gasteiger partial charge on any atom is 0.197 e. The lowest BCUT2D eigenvalue weighted by Crippen LogP contribution is -2.03. The van der Waals surface area contributed by atoms with Crippen molar-refractivity contribution in [2.75, 3.05) is 14.2 Å². The van der Waals surface area contributed by atoms with E-state index in [-0.39, 0.29) is 16.4 Å². The minimum absolute atomic E-state index is 0.256. The molecule has 2 aromatic rings. The first-order chi connectivity index (χ1) is 9.47. The summed E-state index contributed by atoms with van der Waals surface area (Å²) in [6, 6.07) is 4.56. The second-order valence-electron chi connectivity index (χ2n) is 3.75. The third-order valence-electron chi connectivity index (χ3n) is 2.62. The Morgan fingerprint density at radius 1 is 1.00 bits per heavy atom. The molecular formula is C13H9Cl3O3S. The number of hydrogen-bond acceptors (Lipinski definition) is 4. The lowest BCUT2D eigenvalue weighted by molar-refractivity contribution is 0.103. The van der Waals surface area contributed by atoms with Crippen molar-refractivity contribution in [3.05, 3.63) is 43.0 Å². The van der Waals surface area contributed by atoms with E-state index in [2.05, 4.69) is 0 Å². The van der Waals surface area contributed by atoms with Gasteiger partial charge in [0.1, 0.15) is 4.34 Å². The molecule has 0 radical (unpaired) electrons. The lowest BCUT2D eigenvalue weighted by atomic mass is 10.1. The van der Waals surface area contributed by atoms with Crippen molar-refractivity contribution in [2.24, 2.45) is 0 Å². The fraction of sp³-hybridized carbons (Fsp3) is 0.154. The Morgan fingerprint density at radius 2 is 1.60 bits per heavy atom. The summed E-state index contributed by atoms with van der Waals surface area (Å²) in [5.41, 5.74) is 0.594. The SMILES string of the molecule is COc1cc(Cl)c(C(=O)c2cc(Cl)sc2Cl)cc1OC. The van der Waals surface area contributed by atoms with Gasteiger partial charge in [0, 0.05) is 11.6 Å². The highest BCUT2D eigenvalue weighted by atomic mass is 35.5. The number of rotatable bonds is 4. The monoisotopic (exact) mass is 350 g/mol. The van der Waals surface area contributed by atoms with Crippen molar-refractivity contribution in [1.82, 2.24) is 0 Å². The number of hydrogen-bond donors (Lipinski definition) is 0. The highest BCUT2D eigenvalue weighted by molar-refractivity contribution is 7.20. The highest BCUT2D eigenvalue weighted by Gasteiger charge is 2.21. The third-order valence-corrected chi connectivity index (χ3v) is 4.42. The molecule has 0 atom stereocenters. The van der Waals surface area contributed by atoms with Crippen LogP contribution in [0.1, 0.15) is 15.9 Å². The zero-order valence-corrected chi connectivity index (χ0v) is 13.6. The second kappa shape index (κ2) is 6.22. The van der Waals surface area contributed by atoms with Gasteiger partial charge in [-0.1, -0.05) is 34.8 Å². The first kappa shape index (κ1) is 15.4. The van der Waals surface area contributed by atoms with Crippen molar-refractivity contribution in [3.63, 3.8) is 0 Å². The van der Waals surface area contributed by atoms with Gasteiger partial charge in [-0.2, -0.15) is 0 Å². The van der Waals surface area contributed by atoms with E-state index in [1.165, 1.54) is 32.4 Å². The largest absolute Gasteiger partial charge is 0.493 e. The summed E-state index contributed by atoms with van der Waals surface area (Å²) < 4.78 is 11.0. The van der Waals surface area contributed by atoms with Crippen LogP contribution in [0.4, 0.5) is 0 Å². The molecule has 0 aliphatic carbocycles. The van der Waals surface area contributed by atoms with Gasteiger partial charge in [-0.05, 0) is 12.1 Å². The quantitative estimate of drug-likeness (QED) is 0.731. The highest BCUT2D eigenvalue weighted by Crippen LogP contribution is 2.37. The van der Waals surface area contributed by atoms with E-state index in [1.807, 2.05) is 0 Å². The summed E-state index contributed by atoms with van der Waals surface area (Å²) in [6.07, 6.45) is 0. The third kappa shape index (κ3) is 2.88. The Bertz CT molecular complexity index is 667. The van der Waals surface area contributed by atoms with Crippen LogP contribution in [0.2, 0.25) is 13.7 Å². The minimum atomic E-state index is -0.316. The van der Waals surface area contributed by atoms with Crippen molar-refractivity contribution in [2.45, 2.75) is 0 Å². The summed E-state index contributed by atoms with van der Waals surface area (Å²) >= 11 is 19.1. The Labute approximate surface area is 135 Å². The molecule has 0 bridgehead atoms. The van der Waals surface area contributed by atoms with Crippen LogP contribution in [0.5, 0.6) is 11.5 Å².